The Morgan fingerprint density at radius 3 is 2.22 bits per heavy atom. The Labute approximate surface area is 158 Å². The van der Waals surface area contributed by atoms with Crippen molar-refractivity contribution in [2.24, 2.45) is 0 Å². The highest BCUT2D eigenvalue weighted by atomic mass is 16.2. The average molecular weight is 356 g/mol. The molecule has 4 nitrogen and oxygen atoms in total. The number of hydrogen-bond acceptors (Lipinski definition) is 2. The Morgan fingerprint density at radius 1 is 0.889 bits per heavy atom. The number of anilines is 2. The van der Waals surface area contributed by atoms with Crippen molar-refractivity contribution in [3.05, 3.63) is 84.4 Å². The van der Waals surface area contributed by atoms with Gasteiger partial charge >= 0.3 is 0 Å². The van der Waals surface area contributed by atoms with E-state index in [1.165, 1.54) is 6.92 Å². The minimum Gasteiger partial charge on any atom is -0.324 e. The fraction of sp³-hybridized carbons (Fsp3) is 0.130. The first-order chi connectivity index (χ1) is 13.1. The van der Waals surface area contributed by atoms with Gasteiger partial charge in [-0.1, -0.05) is 66.7 Å². The third-order valence-electron chi connectivity index (χ3n) is 4.87. The number of fused-ring (bicyclic) bond motifs is 1. The maximum absolute atomic E-state index is 12.5. The van der Waals surface area contributed by atoms with E-state index < -0.39 is 0 Å². The monoisotopic (exact) mass is 356 g/mol. The summed E-state index contributed by atoms with van der Waals surface area (Å²) in [5.74, 6) is -0.181. The van der Waals surface area contributed by atoms with Crippen molar-refractivity contribution in [3.8, 4) is 11.1 Å². The molecule has 27 heavy (non-hydrogen) atoms. The average Bonchev–Trinajstić information content (AvgIpc) is 2.84. The maximum Gasteiger partial charge on any atom is 0.226 e. The van der Waals surface area contributed by atoms with Gasteiger partial charge in [-0.25, -0.2) is 0 Å². The predicted octanol–water partition coefficient (Wildman–Crippen LogP) is 4.79. The van der Waals surface area contributed by atoms with Crippen LogP contribution in [0, 0.1) is 0 Å². The predicted molar refractivity (Wildman–Crippen MR) is 107 cm³/mol. The lowest BCUT2D eigenvalue weighted by molar-refractivity contribution is -0.118. The molecular formula is C23H20N2O2. The number of rotatable bonds is 2. The molecule has 0 saturated carbocycles. The van der Waals surface area contributed by atoms with E-state index in [0.717, 1.165) is 22.4 Å². The van der Waals surface area contributed by atoms with Gasteiger partial charge in [0, 0.05) is 6.92 Å². The molecule has 1 aliphatic rings. The molecule has 134 valence electrons. The fourth-order valence-corrected chi connectivity index (χ4v) is 3.61. The Hall–Kier alpha value is -3.40. The molecule has 4 rings (SSSR count). The van der Waals surface area contributed by atoms with E-state index >= 15 is 0 Å². The smallest absolute Gasteiger partial charge is 0.226 e. The zero-order valence-electron chi connectivity index (χ0n) is 15.1. The molecule has 0 unspecified atom stereocenters. The van der Waals surface area contributed by atoms with Crippen LogP contribution in [0.3, 0.4) is 0 Å². The van der Waals surface area contributed by atoms with Crippen LogP contribution in [0.4, 0.5) is 11.4 Å². The lowest BCUT2D eigenvalue weighted by Crippen LogP contribution is -2.33. The third-order valence-corrected chi connectivity index (χ3v) is 4.87. The van der Waals surface area contributed by atoms with Gasteiger partial charge in [-0.05, 0) is 28.8 Å². The summed E-state index contributed by atoms with van der Waals surface area (Å²) in [6.45, 7) is 1.54. The van der Waals surface area contributed by atoms with Crippen LogP contribution in [0.1, 0.15) is 24.9 Å². The van der Waals surface area contributed by atoms with Crippen molar-refractivity contribution in [2.45, 2.75) is 19.4 Å². The van der Waals surface area contributed by atoms with Crippen molar-refractivity contribution in [1.82, 2.24) is 0 Å². The minimum atomic E-state index is -0.337. The second kappa shape index (κ2) is 7.08. The number of carbonyl (C=O) groups excluding carboxylic acids is 2. The second-order valence-electron chi connectivity index (χ2n) is 6.66. The quantitative estimate of drug-likeness (QED) is 0.718. The number of benzene rings is 3. The van der Waals surface area contributed by atoms with Gasteiger partial charge < -0.3 is 10.2 Å². The summed E-state index contributed by atoms with van der Waals surface area (Å²) in [5.41, 5.74) is 4.58. The van der Waals surface area contributed by atoms with Crippen LogP contribution in [0.25, 0.3) is 11.1 Å². The summed E-state index contributed by atoms with van der Waals surface area (Å²) in [7, 11) is 0. The number of nitrogens with zero attached hydrogens (tertiary/aromatic N) is 1. The van der Waals surface area contributed by atoms with E-state index in [2.05, 4.69) is 17.4 Å². The highest BCUT2D eigenvalue weighted by Gasteiger charge is 2.31. The Bertz CT molecular complexity index is 981. The number of nitrogens with one attached hydrogen (secondary N) is 1. The van der Waals surface area contributed by atoms with Crippen LogP contribution in [-0.2, 0) is 9.59 Å². The summed E-state index contributed by atoms with van der Waals surface area (Å²) in [6.07, 6.45) is 0.221. The van der Waals surface area contributed by atoms with E-state index in [-0.39, 0.29) is 24.3 Å². The van der Waals surface area contributed by atoms with Crippen molar-refractivity contribution >= 4 is 23.2 Å². The van der Waals surface area contributed by atoms with E-state index in [0.29, 0.717) is 5.69 Å². The van der Waals surface area contributed by atoms with Gasteiger partial charge in [-0.15, -0.1) is 0 Å². The van der Waals surface area contributed by atoms with E-state index in [1.54, 1.807) is 4.90 Å². The summed E-state index contributed by atoms with van der Waals surface area (Å²) in [5, 5.41) is 2.91. The second-order valence-corrected chi connectivity index (χ2v) is 6.66. The summed E-state index contributed by atoms with van der Waals surface area (Å²) < 4.78 is 0. The van der Waals surface area contributed by atoms with Gasteiger partial charge in [-0.2, -0.15) is 0 Å². The largest absolute Gasteiger partial charge is 0.324 e. The van der Waals surface area contributed by atoms with Gasteiger partial charge in [0.05, 0.1) is 23.8 Å². The normalized spacial score (nSPS) is 16.3. The summed E-state index contributed by atoms with van der Waals surface area (Å²) >= 11 is 0. The Balaban J connectivity index is 1.75. The first-order valence-electron chi connectivity index (χ1n) is 8.97. The molecule has 3 aromatic rings. The minimum absolute atomic E-state index is 0.0870. The van der Waals surface area contributed by atoms with E-state index in [9.17, 15) is 9.59 Å². The van der Waals surface area contributed by atoms with Crippen molar-refractivity contribution in [1.29, 1.82) is 0 Å². The van der Waals surface area contributed by atoms with Crippen LogP contribution in [0.2, 0.25) is 0 Å². The van der Waals surface area contributed by atoms with E-state index in [4.69, 9.17) is 0 Å². The van der Waals surface area contributed by atoms with E-state index in [1.807, 2.05) is 66.7 Å². The first kappa shape index (κ1) is 17.0. The van der Waals surface area contributed by atoms with Gasteiger partial charge in [0.2, 0.25) is 11.8 Å². The fourth-order valence-electron chi connectivity index (χ4n) is 3.61. The highest BCUT2D eigenvalue weighted by Crippen LogP contribution is 2.38. The van der Waals surface area contributed by atoms with Crippen molar-refractivity contribution in [2.75, 3.05) is 10.2 Å². The van der Waals surface area contributed by atoms with Crippen molar-refractivity contribution in [3.63, 3.8) is 0 Å². The molecule has 1 N–H and O–H groups in total. The molecule has 4 heteroatoms. The lowest BCUT2D eigenvalue weighted by Gasteiger charge is -2.29. The summed E-state index contributed by atoms with van der Waals surface area (Å²) in [4.78, 5) is 26.6. The maximum atomic E-state index is 12.5. The first-order valence-corrected chi connectivity index (χ1v) is 8.97. The topological polar surface area (TPSA) is 49.4 Å². The molecule has 0 spiro atoms. The lowest BCUT2D eigenvalue weighted by atomic mass is 9.97. The van der Waals surface area contributed by atoms with Crippen LogP contribution >= 0.6 is 0 Å². The zero-order valence-corrected chi connectivity index (χ0v) is 15.1. The molecule has 0 fully saturated rings. The Kier molecular flexibility index (Phi) is 4.47. The number of para-hydroxylation sites is 2. The van der Waals surface area contributed by atoms with Crippen LogP contribution in [0.15, 0.2) is 78.9 Å². The standard InChI is InChI=1S/C23H20N2O2/c1-16(26)25-21-10-6-5-9-20(21)24-23(27)15-22(25)19-13-11-18(12-14-19)17-7-3-2-4-8-17/h2-14,22H,15H2,1H3,(H,24,27)/t22-/m0/s1. The molecule has 0 aliphatic carbocycles. The van der Waals surface area contributed by atoms with Gasteiger partial charge in [0.1, 0.15) is 0 Å². The van der Waals surface area contributed by atoms with Crippen LogP contribution in [0.5, 0.6) is 0 Å². The Morgan fingerprint density at radius 2 is 1.52 bits per heavy atom. The molecule has 2 amide bonds. The van der Waals surface area contributed by atoms with Gasteiger partial charge in [0.15, 0.2) is 0 Å². The molecule has 1 atom stereocenters. The van der Waals surface area contributed by atoms with Crippen LogP contribution in [-0.4, -0.2) is 11.8 Å². The molecular weight excluding hydrogens is 336 g/mol. The molecule has 0 bridgehead atoms. The highest BCUT2D eigenvalue weighted by molar-refractivity contribution is 6.03. The molecule has 1 aliphatic heterocycles. The molecule has 0 aromatic heterocycles. The number of hydrogen-bond donors (Lipinski definition) is 1. The van der Waals surface area contributed by atoms with Crippen LogP contribution < -0.4 is 10.2 Å². The van der Waals surface area contributed by atoms with Crippen molar-refractivity contribution < 1.29 is 9.59 Å². The van der Waals surface area contributed by atoms with Gasteiger partial charge in [-0.3, -0.25) is 9.59 Å². The number of carbonyl (C=O) groups is 2. The number of amides is 2. The molecule has 0 saturated heterocycles. The summed E-state index contributed by atoms with van der Waals surface area (Å²) in [6, 6.07) is 25.3. The third kappa shape index (κ3) is 3.34. The van der Waals surface area contributed by atoms with Gasteiger partial charge in [0.25, 0.3) is 0 Å². The SMILES string of the molecule is CC(=O)N1c2ccccc2NC(=O)C[C@H]1c1ccc(-c2ccccc2)cc1. The zero-order chi connectivity index (χ0) is 18.8. The molecule has 0 radical (unpaired) electrons. The molecule has 3 aromatic carbocycles. The molecule has 1 heterocycles.